The summed E-state index contributed by atoms with van der Waals surface area (Å²) in [6.07, 6.45) is 0.662. The minimum Gasteiger partial charge on any atom is -0.494 e. The van der Waals surface area contributed by atoms with Crippen molar-refractivity contribution in [1.82, 2.24) is 5.32 Å². The maximum Gasteiger partial charge on any atom is 0.248 e. The fourth-order valence-corrected chi connectivity index (χ4v) is 2.25. The average Bonchev–Trinajstić information content (AvgIpc) is 2.58. The number of nitrogens with two attached hydrogens (primary N) is 1. The second-order valence-electron chi connectivity index (χ2n) is 5.31. The maximum atomic E-state index is 13.6. The smallest absolute Gasteiger partial charge is 0.248 e. The first-order chi connectivity index (χ1) is 11.5. The first-order valence-corrected chi connectivity index (χ1v) is 7.47. The van der Waals surface area contributed by atoms with Crippen molar-refractivity contribution in [1.29, 1.82) is 0 Å². The van der Waals surface area contributed by atoms with E-state index in [2.05, 4.69) is 5.32 Å². The van der Waals surface area contributed by atoms with Crippen molar-refractivity contribution in [2.75, 3.05) is 7.11 Å². The second kappa shape index (κ2) is 8.10. The molecule has 2 amide bonds. The molecule has 0 unspecified atom stereocenters. The van der Waals surface area contributed by atoms with E-state index < -0.39 is 11.7 Å². The molecule has 0 atom stereocenters. The van der Waals surface area contributed by atoms with Crippen molar-refractivity contribution in [2.45, 2.75) is 19.4 Å². The van der Waals surface area contributed by atoms with Crippen LogP contribution < -0.4 is 15.8 Å². The Bertz CT molecular complexity index is 747. The second-order valence-corrected chi connectivity index (χ2v) is 5.31. The number of carbonyl (C=O) groups excluding carboxylic acids is 2. The molecule has 0 aliphatic heterocycles. The molecule has 0 aliphatic rings. The molecule has 0 aromatic heterocycles. The van der Waals surface area contributed by atoms with Gasteiger partial charge in [0.2, 0.25) is 11.8 Å². The van der Waals surface area contributed by atoms with Gasteiger partial charge < -0.3 is 15.8 Å². The van der Waals surface area contributed by atoms with Gasteiger partial charge in [0, 0.05) is 18.5 Å². The van der Waals surface area contributed by atoms with E-state index in [1.165, 1.54) is 19.2 Å². The number of halogens is 1. The SMILES string of the molecule is COc1ccc(CCC(=O)NCc2cccc(C(N)=O)c2)cc1F. The maximum absolute atomic E-state index is 13.6. The fourth-order valence-electron chi connectivity index (χ4n) is 2.25. The summed E-state index contributed by atoms with van der Waals surface area (Å²) in [5.41, 5.74) is 7.12. The highest BCUT2D eigenvalue weighted by Gasteiger charge is 2.07. The van der Waals surface area contributed by atoms with E-state index in [4.69, 9.17) is 10.5 Å². The van der Waals surface area contributed by atoms with Gasteiger partial charge in [0.25, 0.3) is 0 Å². The Morgan fingerprint density at radius 3 is 2.62 bits per heavy atom. The summed E-state index contributed by atoms with van der Waals surface area (Å²) in [4.78, 5) is 23.0. The predicted octanol–water partition coefficient (Wildman–Crippen LogP) is 2.18. The molecule has 2 rings (SSSR count). The zero-order valence-corrected chi connectivity index (χ0v) is 13.3. The molecule has 126 valence electrons. The minimum absolute atomic E-state index is 0.157. The summed E-state index contributed by atoms with van der Waals surface area (Å²) in [6, 6.07) is 11.4. The lowest BCUT2D eigenvalue weighted by molar-refractivity contribution is -0.121. The van der Waals surface area contributed by atoms with Crippen LogP contribution in [0, 0.1) is 5.82 Å². The van der Waals surface area contributed by atoms with Gasteiger partial charge >= 0.3 is 0 Å². The quantitative estimate of drug-likeness (QED) is 0.816. The monoisotopic (exact) mass is 330 g/mol. The lowest BCUT2D eigenvalue weighted by Crippen LogP contribution is -2.23. The molecule has 2 aromatic rings. The van der Waals surface area contributed by atoms with Crippen molar-refractivity contribution in [3.05, 3.63) is 65.0 Å². The normalized spacial score (nSPS) is 10.2. The lowest BCUT2D eigenvalue weighted by Gasteiger charge is -2.07. The van der Waals surface area contributed by atoms with E-state index in [9.17, 15) is 14.0 Å². The summed E-state index contributed by atoms with van der Waals surface area (Å²) in [6.45, 7) is 0.303. The van der Waals surface area contributed by atoms with Crippen LogP contribution in [0.5, 0.6) is 5.75 Å². The van der Waals surface area contributed by atoms with Crippen LogP contribution in [0.15, 0.2) is 42.5 Å². The van der Waals surface area contributed by atoms with Gasteiger partial charge in [0.1, 0.15) is 0 Å². The Labute approximate surface area is 139 Å². The number of benzene rings is 2. The summed E-state index contributed by atoms with van der Waals surface area (Å²) in [5, 5.41) is 2.76. The molecule has 0 aliphatic carbocycles. The van der Waals surface area contributed by atoms with E-state index in [1.54, 1.807) is 30.3 Å². The van der Waals surface area contributed by atoms with Crippen molar-refractivity contribution in [2.24, 2.45) is 5.73 Å². The van der Waals surface area contributed by atoms with Crippen molar-refractivity contribution < 1.29 is 18.7 Å². The Morgan fingerprint density at radius 2 is 1.96 bits per heavy atom. The molecule has 5 nitrogen and oxygen atoms in total. The topological polar surface area (TPSA) is 81.4 Å². The van der Waals surface area contributed by atoms with Gasteiger partial charge in [-0.15, -0.1) is 0 Å². The first-order valence-electron chi connectivity index (χ1n) is 7.47. The van der Waals surface area contributed by atoms with Gasteiger partial charge in [-0.05, 0) is 41.8 Å². The molecule has 3 N–H and O–H groups in total. The Balaban J connectivity index is 1.84. The summed E-state index contributed by atoms with van der Waals surface area (Å²) in [7, 11) is 1.40. The highest BCUT2D eigenvalue weighted by atomic mass is 19.1. The number of amides is 2. The van der Waals surface area contributed by atoms with Crippen LogP contribution >= 0.6 is 0 Å². The fraction of sp³-hybridized carbons (Fsp3) is 0.222. The van der Waals surface area contributed by atoms with E-state index in [1.807, 2.05) is 0 Å². The number of ether oxygens (including phenoxy) is 1. The third kappa shape index (κ3) is 4.81. The Kier molecular flexibility index (Phi) is 5.89. The predicted molar refractivity (Wildman–Crippen MR) is 88.1 cm³/mol. The molecule has 2 aromatic carbocycles. The molecule has 0 bridgehead atoms. The molecular weight excluding hydrogens is 311 g/mol. The van der Waals surface area contributed by atoms with E-state index >= 15 is 0 Å². The number of aryl methyl sites for hydroxylation is 1. The highest BCUT2D eigenvalue weighted by molar-refractivity contribution is 5.92. The zero-order chi connectivity index (χ0) is 17.5. The van der Waals surface area contributed by atoms with Crippen LogP contribution in [-0.4, -0.2) is 18.9 Å². The van der Waals surface area contributed by atoms with Crippen LogP contribution in [0.25, 0.3) is 0 Å². The zero-order valence-electron chi connectivity index (χ0n) is 13.3. The summed E-state index contributed by atoms with van der Waals surface area (Å²) >= 11 is 0. The summed E-state index contributed by atoms with van der Waals surface area (Å²) in [5.74, 6) is -0.934. The van der Waals surface area contributed by atoms with Gasteiger partial charge in [0.05, 0.1) is 7.11 Å². The van der Waals surface area contributed by atoms with Gasteiger partial charge in [-0.1, -0.05) is 18.2 Å². The number of rotatable bonds is 7. The molecule has 0 heterocycles. The van der Waals surface area contributed by atoms with Crippen LogP contribution in [0.3, 0.4) is 0 Å². The third-order valence-electron chi connectivity index (χ3n) is 3.56. The van der Waals surface area contributed by atoms with Gasteiger partial charge in [-0.3, -0.25) is 9.59 Å². The Morgan fingerprint density at radius 1 is 1.17 bits per heavy atom. The van der Waals surface area contributed by atoms with Crippen LogP contribution in [0.1, 0.15) is 27.9 Å². The number of primary amides is 1. The number of hydrogen-bond donors (Lipinski definition) is 2. The molecule has 0 saturated carbocycles. The third-order valence-corrected chi connectivity index (χ3v) is 3.56. The van der Waals surface area contributed by atoms with Crippen LogP contribution in [0.2, 0.25) is 0 Å². The van der Waals surface area contributed by atoms with Crippen molar-refractivity contribution >= 4 is 11.8 Å². The standard InChI is InChI=1S/C18H19FN2O3/c1-24-16-7-5-12(10-15(16)19)6-8-17(22)21-11-13-3-2-4-14(9-13)18(20)23/h2-5,7,9-10H,6,8,11H2,1H3,(H2,20,23)(H,21,22). The lowest BCUT2D eigenvalue weighted by atomic mass is 10.1. The van der Waals surface area contributed by atoms with E-state index in [-0.39, 0.29) is 18.1 Å². The van der Waals surface area contributed by atoms with Crippen LogP contribution in [0.4, 0.5) is 4.39 Å². The highest BCUT2D eigenvalue weighted by Crippen LogP contribution is 2.18. The van der Waals surface area contributed by atoms with Gasteiger partial charge in [0.15, 0.2) is 11.6 Å². The molecule has 24 heavy (non-hydrogen) atoms. The molecule has 0 fully saturated rings. The number of hydrogen-bond acceptors (Lipinski definition) is 3. The van der Waals surface area contributed by atoms with Gasteiger partial charge in [-0.2, -0.15) is 0 Å². The molecular formula is C18H19FN2O3. The first kappa shape index (κ1) is 17.5. The van der Waals surface area contributed by atoms with E-state index in [0.717, 1.165) is 11.1 Å². The van der Waals surface area contributed by atoms with Crippen molar-refractivity contribution in [3.63, 3.8) is 0 Å². The largest absolute Gasteiger partial charge is 0.494 e. The van der Waals surface area contributed by atoms with Gasteiger partial charge in [-0.25, -0.2) is 4.39 Å². The number of methoxy groups -OCH3 is 1. The van der Waals surface area contributed by atoms with Crippen molar-refractivity contribution in [3.8, 4) is 5.75 Å². The molecule has 6 heteroatoms. The number of carbonyl (C=O) groups is 2. The average molecular weight is 330 g/mol. The molecule has 0 spiro atoms. The van der Waals surface area contributed by atoms with E-state index in [0.29, 0.717) is 18.5 Å². The summed E-state index contributed by atoms with van der Waals surface area (Å²) < 4.78 is 18.4. The minimum atomic E-state index is -0.510. The molecule has 0 saturated heterocycles. The number of nitrogens with one attached hydrogen (secondary N) is 1. The Hall–Kier alpha value is -2.89. The molecule has 0 radical (unpaired) electrons. The van der Waals surface area contributed by atoms with Crippen LogP contribution in [-0.2, 0) is 17.8 Å².